The molecule has 0 bridgehead atoms. The second kappa shape index (κ2) is 3.67. The Balaban J connectivity index is 2.45. The van der Waals surface area contributed by atoms with Crippen LogP contribution in [-0.2, 0) is 0 Å². The molecule has 0 aromatic heterocycles. The maximum Gasteiger partial charge on any atom is 0.272 e. The van der Waals surface area contributed by atoms with E-state index in [9.17, 15) is 13.2 Å². The van der Waals surface area contributed by atoms with Gasteiger partial charge in [-0.05, 0) is 0 Å². The van der Waals surface area contributed by atoms with E-state index in [1.54, 1.807) is 0 Å². The molecule has 1 fully saturated rings. The first kappa shape index (κ1) is 9.87. The van der Waals surface area contributed by atoms with E-state index in [-0.39, 0.29) is 11.8 Å². The van der Waals surface area contributed by atoms with Crippen molar-refractivity contribution >= 4 is 0 Å². The highest BCUT2D eigenvalue weighted by atomic mass is 19.4. The monoisotopic (exact) mass is 179 g/mol. The molecule has 0 aromatic rings. The summed E-state index contributed by atoms with van der Waals surface area (Å²) in [4.78, 5) is 0. The van der Waals surface area contributed by atoms with E-state index < -0.39 is 6.18 Å². The summed E-state index contributed by atoms with van der Waals surface area (Å²) in [7, 11) is 0. The van der Waals surface area contributed by atoms with Crippen LogP contribution in [0.2, 0.25) is 0 Å². The first-order chi connectivity index (χ1) is 5.52. The van der Waals surface area contributed by atoms with Crippen molar-refractivity contribution in [2.45, 2.75) is 45.2 Å². The smallest absolute Gasteiger partial charge is 0.212 e. The predicted molar refractivity (Wildman–Crippen MR) is 41.5 cm³/mol. The molecule has 12 heavy (non-hydrogen) atoms. The third kappa shape index (κ3) is 2.39. The molecule has 0 radical (unpaired) electrons. The Morgan fingerprint density at radius 2 is 1.58 bits per heavy atom. The van der Waals surface area contributed by atoms with Gasteiger partial charge in [-0.25, -0.2) is 19.1 Å². The van der Waals surface area contributed by atoms with Crippen molar-refractivity contribution < 1.29 is 13.2 Å². The summed E-state index contributed by atoms with van der Waals surface area (Å²) in [6.07, 6.45) is 0.399. The topological polar surface area (TPSA) is 0 Å². The highest BCUT2D eigenvalue weighted by Gasteiger charge is 2.28. The van der Waals surface area contributed by atoms with Crippen molar-refractivity contribution in [1.29, 1.82) is 0 Å². The first-order valence-electron chi connectivity index (χ1n) is 4.42. The molecule has 0 atom stereocenters. The van der Waals surface area contributed by atoms with E-state index in [2.05, 4.69) is 0 Å². The Bertz CT molecular complexity index is 133. The van der Waals surface area contributed by atoms with E-state index in [4.69, 9.17) is 0 Å². The minimum absolute atomic E-state index is 0.196. The summed E-state index contributed by atoms with van der Waals surface area (Å²) < 4.78 is 36.6. The van der Waals surface area contributed by atoms with Crippen LogP contribution >= 0.6 is 0 Å². The standard InChI is InChI=1S/C9H14F3/c1-7(9(10,11)12)8-5-3-2-4-6-8/h8H,2-6H2,1H3/q-1. The summed E-state index contributed by atoms with van der Waals surface area (Å²) in [6.45, 7) is 1.23. The fraction of sp³-hybridized carbons (Fsp3) is 0.889. The van der Waals surface area contributed by atoms with Crippen LogP contribution in [0.5, 0.6) is 0 Å². The van der Waals surface area contributed by atoms with E-state index >= 15 is 0 Å². The van der Waals surface area contributed by atoms with Crippen molar-refractivity contribution in [3.05, 3.63) is 5.92 Å². The lowest BCUT2D eigenvalue weighted by atomic mass is 9.80. The van der Waals surface area contributed by atoms with E-state index in [1.807, 2.05) is 0 Å². The van der Waals surface area contributed by atoms with Gasteiger partial charge >= 0.3 is 0 Å². The predicted octanol–water partition coefficient (Wildman–Crippen LogP) is 3.72. The van der Waals surface area contributed by atoms with Gasteiger partial charge in [0.15, 0.2) is 0 Å². The molecule has 1 aliphatic carbocycles. The Hall–Kier alpha value is -0.210. The van der Waals surface area contributed by atoms with Gasteiger partial charge in [0, 0.05) is 0 Å². The lowest BCUT2D eigenvalue weighted by Crippen LogP contribution is -2.27. The van der Waals surface area contributed by atoms with E-state index in [0.717, 1.165) is 32.1 Å². The fourth-order valence-electron chi connectivity index (χ4n) is 1.77. The Morgan fingerprint density at radius 1 is 1.08 bits per heavy atom. The number of rotatable bonds is 1. The molecule has 0 N–H and O–H groups in total. The molecule has 0 aromatic carbocycles. The van der Waals surface area contributed by atoms with Crippen LogP contribution in [-0.4, -0.2) is 6.18 Å². The lowest BCUT2D eigenvalue weighted by molar-refractivity contribution is -0.123. The molecule has 0 nitrogen and oxygen atoms in total. The fourth-order valence-corrected chi connectivity index (χ4v) is 1.77. The van der Waals surface area contributed by atoms with Gasteiger partial charge in [-0.15, -0.1) is 0 Å². The Labute approximate surface area is 71.1 Å². The van der Waals surface area contributed by atoms with Gasteiger partial charge in [-0.2, -0.15) is 12.8 Å². The van der Waals surface area contributed by atoms with Crippen molar-refractivity contribution in [3.63, 3.8) is 0 Å². The third-order valence-electron chi connectivity index (χ3n) is 2.66. The van der Waals surface area contributed by atoms with E-state index in [0.29, 0.717) is 0 Å². The zero-order valence-electron chi connectivity index (χ0n) is 7.25. The SMILES string of the molecule is C[C-](C1CCCCC1)C(F)(F)F. The zero-order chi connectivity index (χ0) is 9.19. The number of hydrogen-bond donors (Lipinski definition) is 0. The molecule has 0 unspecified atom stereocenters. The summed E-state index contributed by atoms with van der Waals surface area (Å²) in [5.74, 6) is -0.471. The van der Waals surface area contributed by atoms with Crippen molar-refractivity contribution in [2.24, 2.45) is 5.92 Å². The van der Waals surface area contributed by atoms with Crippen LogP contribution < -0.4 is 0 Å². The van der Waals surface area contributed by atoms with Gasteiger partial charge in [-0.3, -0.25) is 0 Å². The molecule has 0 spiro atoms. The number of hydrogen-bond acceptors (Lipinski definition) is 0. The zero-order valence-corrected chi connectivity index (χ0v) is 7.25. The van der Waals surface area contributed by atoms with Gasteiger partial charge in [0.05, 0.1) is 0 Å². The minimum Gasteiger partial charge on any atom is -0.212 e. The molecular weight excluding hydrogens is 165 g/mol. The largest absolute Gasteiger partial charge is 0.272 e. The van der Waals surface area contributed by atoms with Crippen LogP contribution in [0.4, 0.5) is 13.2 Å². The molecule has 3 heteroatoms. The van der Waals surface area contributed by atoms with Crippen LogP contribution in [0.25, 0.3) is 0 Å². The van der Waals surface area contributed by atoms with Crippen molar-refractivity contribution in [1.82, 2.24) is 0 Å². The normalized spacial score (nSPS) is 21.8. The molecule has 0 amide bonds. The Kier molecular flexibility index (Phi) is 3.02. The van der Waals surface area contributed by atoms with Crippen molar-refractivity contribution in [2.75, 3.05) is 0 Å². The Morgan fingerprint density at radius 3 is 2.00 bits per heavy atom. The molecule has 1 saturated carbocycles. The van der Waals surface area contributed by atoms with Crippen LogP contribution in [0.3, 0.4) is 0 Å². The lowest BCUT2D eigenvalue weighted by Gasteiger charge is -2.40. The summed E-state index contributed by atoms with van der Waals surface area (Å²) in [6, 6.07) is 0. The molecule has 72 valence electrons. The van der Waals surface area contributed by atoms with Crippen LogP contribution in [0, 0.1) is 11.8 Å². The quantitative estimate of drug-likeness (QED) is 0.538. The van der Waals surface area contributed by atoms with E-state index in [1.165, 1.54) is 6.92 Å². The highest BCUT2D eigenvalue weighted by molar-refractivity contribution is 4.99. The van der Waals surface area contributed by atoms with Crippen LogP contribution in [0.15, 0.2) is 0 Å². The maximum absolute atomic E-state index is 12.2. The molecular formula is C9H14F3-. The molecule has 1 rings (SSSR count). The molecule has 1 aliphatic rings. The second-order valence-corrected chi connectivity index (χ2v) is 3.52. The highest BCUT2D eigenvalue weighted by Crippen LogP contribution is 2.40. The maximum atomic E-state index is 12.2. The van der Waals surface area contributed by atoms with Gasteiger partial charge in [-0.1, -0.05) is 32.1 Å². The number of alkyl halides is 3. The number of halogens is 3. The summed E-state index contributed by atoms with van der Waals surface area (Å²) in [5.41, 5.74) is 0. The minimum atomic E-state index is -4.07. The van der Waals surface area contributed by atoms with Gasteiger partial charge in [0.1, 0.15) is 0 Å². The third-order valence-corrected chi connectivity index (χ3v) is 2.66. The van der Waals surface area contributed by atoms with Crippen LogP contribution in [0.1, 0.15) is 39.0 Å². The molecule has 0 heterocycles. The van der Waals surface area contributed by atoms with Crippen molar-refractivity contribution in [3.8, 4) is 0 Å². The van der Waals surface area contributed by atoms with Gasteiger partial charge < -0.3 is 0 Å². The average molecular weight is 179 g/mol. The first-order valence-corrected chi connectivity index (χ1v) is 4.42. The van der Waals surface area contributed by atoms with Gasteiger partial charge in [0.2, 0.25) is 0 Å². The van der Waals surface area contributed by atoms with Gasteiger partial charge in [0.25, 0.3) is 6.18 Å². The molecule has 0 saturated heterocycles. The summed E-state index contributed by atoms with van der Waals surface area (Å²) >= 11 is 0. The summed E-state index contributed by atoms with van der Waals surface area (Å²) in [5, 5.41) is 0. The second-order valence-electron chi connectivity index (χ2n) is 3.52. The molecule has 0 aliphatic heterocycles. The average Bonchev–Trinajstić information content (AvgIpc) is 2.03.